The van der Waals surface area contributed by atoms with E-state index in [1.54, 1.807) is 17.0 Å². The number of urea groups is 1. The van der Waals surface area contributed by atoms with Crippen LogP contribution in [-0.4, -0.2) is 39.4 Å². The molecule has 0 atom stereocenters. The molecule has 3 rings (SSSR count). The summed E-state index contributed by atoms with van der Waals surface area (Å²) in [5.41, 5.74) is 1.87. The molecule has 1 aliphatic rings. The Kier molecular flexibility index (Phi) is 5.53. The van der Waals surface area contributed by atoms with Crippen molar-refractivity contribution in [1.29, 1.82) is 0 Å². The zero-order valence-corrected chi connectivity index (χ0v) is 16.1. The van der Waals surface area contributed by atoms with E-state index in [1.165, 1.54) is 12.1 Å². The zero-order chi connectivity index (χ0) is 20.3. The molecule has 3 amide bonds. The van der Waals surface area contributed by atoms with Crippen LogP contribution in [0.1, 0.15) is 37.6 Å². The van der Waals surface area contributed by atoms with E-state index in [0.29, 0.717) is 25.3 Å². The Balaban J connectivity index is 1.55. The maximum absolute atomic E-state index is 12.9. The van der Waals surface area contributed by atoms with Crippen molar-refractivity contribution in [2.75, 3.05) is 11.9 Å². The zero-order valence-electron chi connectivity index (χ0n) is 16.1. The summed E-state index contributed by atoms with van der Waals surface area (Å²) in [6.07, 6.45) is 0.179. The van der Waals surface area contributed by atoms with Gasteiger partial charge in [0.05, 0.1) is 12.2 Å². The van der Waals surface area contributed by atoms with Crippen LogP contribution >= 0.6 is 0 Å². The predicted octanol–water partition coefficient (Wildman–Crippen LogP) is 3.16. The average Bonchev–Trinajstić information content (AvgIpc) is 3.02. The van der Waals surface area contributed by atoms with Gasteiger partial charge in [0.1, 0.15) is 11.4 Å². The number of carbonyl (C=O) groups excluding carboxylic acids is 2. The minimum atomic E-state index is -0.555. The number of ether oxygens (including phenoxy) is 1. The first kappa shape index (κ1) is 19.7. The fourth-order valence-corrected chi connectivity index (χ4v) is 2.84. The second kappa shape index (κ2) is 7.87. The SMILES string of the molecule is CC(C)(C)OC(=O)N1CCc2c(NC(=O)NCc3ccc(F)cc3)n[nH]c2C1. The molecule has 8 nitrogen and oxygen atoms in total. The Labute approximate surface area is 162 Å². The summed E-state index contributed by atoms with van der Waals surface area (Å²) < 4.78 is 18.3. The smallest absolute Gasteiger partial charge is 0.410 e. The number of aromatic nitrogens is 2. The molecule has 0 saturated heterocycles. The van der Waals surface area contributed by atoms with Crippen LogP contribution in [0.25, 0.3) is 0 Å². The van der Waals surface area contributed by atoms with Crippen molar-refractivity contribution in [3.8, 4) is 0 Å². The number of fused-ring (bicyclic) bond motifs is 1. The molecule has 0 unspecified atom stereocenters. The third-order valence-electron chi connectivity index (χ3n) is 4.18. The summed E-state index contributed by atoms with van der Waals surface area (Å²) in [6, 6.07) is 5.49. The molecule has 0 saturated carbocycles. The third-order valence-corrected chi connectivity index (χ3v) is 4.18. The summed E-state index contributed by atoms with van der Waals surface area (Å²) in [4.78, 5) is 25.9. The van der Waals surface area contributed by atoms with Gasteiger partial charge >= 0.3 is 12.1 Å². The molecule has 0 aliphatic carbocycles. The molecular weight excluding hydrogens is 365 g/mol. The van der Waals surface area contributed by atoms with Crippen molar-refractivity contribution in [2.24, 2.45) is 0 Å². The van der Waals surface area contributed by atoms with Crippen molar-refractivity contribution in [3.05, 3.63) is 46.9 Å². The Morgan fingerprint density at radius 3 is 2.68 bits per heavy atom. The van der Waals surface area contributed by atoms with Gasteiger partial charge in [-0.3, -0.25) is 10.4 Å². The second-order valence-electron chi connectivity index (χ2n) is 7.62. The number of halogens is 1. The van der Waals surface area contributed by atoms with Crippen LogP contribution in [-0.2, 0) is 24.2 Å². The molecule has 0 radical (unpaired) electrons. The van der Waals surface area contributed by atoms with E-state index in [0.717, 1.165) is 16.8 Å². The van der Waals surface area contributed by atoms with Crippen LogP contribution < -0.4 is 10.6 Å². The Hall–Kier alpha value is -3.10. The number of nitrogens with one attached hydrogen (secondary N) is 3. The maximum Gasteiger partial charge on any atom is 0.410 e. The number of anilines is 1. The number of aromatic amines is 1. The highest BCUT2D eigenvalue weighted by Gasteiger charge is 2.28. The van der Waals surface area contributed by atoms with E-state index in [4.69, 9.17) is 4.74 Å². The van der Waals surface area contributed by atoms with Gasteiger partial charge in [-0.05, 0) is 44.9 Å². The first-order valence-corrected chi connectivity index (χ1v) is 9.04. The number of hydrogen-bond acceptors (Lipinski definition) is 4. The monoisotopic (exact) mass is 389 g/mol. The highest BCUT2D eigenvalue weighted by molar-refractivity contribution is 5.89. The number of rotatable bonds is 3. The second-order valence-corrected chi connectivity index (χ2v) is 7.62. The molecule has 28 heavy (non-hydrogen) atoms. The number of amides is 3. The van der Waals surface area contributed by atoms with Gasteiger partial charge < -0.3 is 15.0 Å². The molecule has 2 aromatic rings. The number of H-pyrrole nitrogens is 1. The summed E-state index contributed by atoms with van der Waals surface area (Å²) in [5.74, 6) is 0.118. The van der Waals surface area contributed by atoms with Crippen molar-refractivity contribution in [3.63, 3.8) is 0 Å². The maximum atomic E-state index is 12.9. The predicted molar refractivity (Wildman–Crippen MR) is 101 cm³/mol. The number of benzene rings is 1. The summed E-state index contributed by atoms with van der Waals surface area (Å²) in [7, 11) is 0. The molecule has 2 heterocycles. The summed E-state index contributed by atoms with van der Waals surface area (Å²) in [6.45, 7) is 6.56. The van der Waals surface area contributed by atoms with Crippen molar-refractivity contribution in [2.45, 2.75) is 45.9 Å². The number of hydrogen-bond donors (Lipinski definition) is 3. The van der Waals surface area contributed by atoms with Crippen molar-refractivity contribution >= 4 is 17.9 Å². The summed E-state index contributed by atoms with van der Waals surface area (Å²) in [5, 5.41) is 12.4. The molecule has 1 aromatic carbocycles. The standard InChI is InChI=1S/C19H24FN5O3/c1-19(2,3)28-18(27)25-9-8-14-15(11-25)23-24-16(14)22-17(26)21-10-12-4-6-13(20)7-5-12/h4-7H,8-11H2,1-3H3,(H3,21,22,23,24,26). The van der Waals surface area contributed by atoms with E-state index >= 15 is 0 Å². The van der Waals surface area contributed by atoms with Gasteiger partial charge in [0.25, 0.3) is 0 Å². The van der Waals surface area contributed by atoms with Crippen molar-refractivity contribution in [1.82, 2.24) is 20.4 Å². The minimum Gasteiger partial charge on any atom is -0.444 e. The van der Waals surface area contributed by atoms with Gasteiger partial charge in [-0.2, -0.15) is 5.10 Å². The first-order valence-electron chi connectivity index (χ1n) is 9.04. The largest absolute Gasteiger partial charge is 0.444 e. The highest BCUT2D eigenvalue weighted by Crippen LogP contribution is 2.24. The first-order chi connectivity index (χ1) is 13.2. The van der Waals surface area contributed by atoms with E-state index in [9.17, 15) is 14.0 Å². The van der Waals surface area contributed by atoms with Gasteiger partial charge in [0, 0.05) is 18.7 Å². The van der Waals surface area contributed by atoms with Crippen LogP contribution in [0.2, 0.25) is 0 Å². The van der Waals surface area contributed by atoms with Gasteiger partial charge in [-0.15, -0.1) is 0 Å². The van der Waals surface area contributed by atoms with Gasteiger partial charge in [-0.1, -0.05) is 12.1 Å². The van der Waals surface area contributed by atoms with Gasteiger partial charge in [0.15, 0.2) is 5.82 Å². The molecular formula is C19H24FN5O3. The van der Waals surface area contributed by atoms with E-state index in [2.05, 4.69) is 20.8 Å². The Morgan fingerprint density at radius 2 is 2.00 bits per heavy atom. The fourth-order valence-electron chi connectivity index (χ4n) is 2.84. The van der Waals surface area contributed by atoms with Crippen LogP contribution in [0, 0.1) is 5.82 Å². The highest BCUT2D eigenvalue weighted by atomic mass is 19.1. The minimum absolute atomic E-state index is 0.269. The molecule has 1 aliphatic heterocycles. The molecule has 0 spiro atoms. The van der Waals surface area contributed by atoms with E-state index in [1.807, 2.05) is 20.8 Å². The molecule has 3 N–H and O–H groups in total. The average molecular weight is 389 g/mol. The fraction of sp³-hybridized carbons (Fsp3) is 0.421. The molecule has 1 aromatic heterocycles. The van der Waals surface area contributed by atoms with Crippen LogP contribution in [0.15, 0.2) is 24.3 Å². The lowest BCUT2D eigenvalue weighted by Gasteiger charge is -2.29. The topological polar surface area (TPSA) is 99.3 Å². The van der Waals surface area contributed by atoms with E-state index < -0.39 is 11.6 Å². The van der Waals surface area contributed by atoms with Crippen LogP contribution in [0.3, 0.4) is 0 Å². The normalized spacial score (nSPS) is 13.6. The van der Waals surface area contributed by atoms with E-state index in [-0.39, 0.29) is 18.5 Å². The quantitative estimate of drug-likeness (QED) is 0.751. The van der Waals surface area contributed by atoms with Gasteiger partial charge in [0.2, 0.25) is 0 Å². The summed E-state index contributed by atoms with van der Waals surface area (Å²) >= 11 is 0. The molecule has 0 bridgehead atoms. The lowest BCUT2D eigenvalue weighted by atomic mass is 10.1. The lowest BCUT2D eigenvalue weighted by molar-refractivity contribution is 0.0221. The van der Waals surface area contributed by atoms with Crippen LogP contribution in [0.4, 0.5) is 19.8 Å². The van der Waals surface area contributed by atoms with Gasteiger partial charge in [-0.25, -0.2) is 14.0 Å². The Morgan fingerprint density at radius 1 is 1.29 bits per heavy atom. The third kappa shape index (κ3) is 4.99. The van der Waals surface area contributed by atoms with Crippen molar-refractivity contribution < 1.29 is 18.7 Å². The van der Waals surface area contributed by atoms with Crippen LogP contribution in [0.5, 0.6) is 0 Å². The number of nitrogens with zero attached hydrogens (tertiary/aromatic N) is 2. The number of carbonyl (C=O) groups is 2. The Bertz CT molecular complexity index is 857. The molecule has 9 heteroatoms. The lowest BCUT2D eigenvalue weighted by Crippen LogP contribution is -2.40. The molecule has 0 fully saturated rings. The molecule has 150 valence electrons.